The van der Waals surface area contributed by atoms with Crippen LogP contribution in [0.3, 0.4) is 0 Å². The summed E-state index contributed by atoms with van der Waals surface area (Å²) >= 11 is 0. The fourth-order valence-electron chi connectivity index (χ4n) is 3.59. The Balaban J connectivity index is 1.64. The van der Waals surface area contributed by atoms with E-state index >= 15 is 0 Å². The van der Waals surface area contributed by atoms with Crippen molar-refractivity contribution >= 4 is 16.8 Å². The molecule has 1 fully saturated rings. The highest BCUT2D eigenvalue weighted by molar-refractivity contribution is 6.07. The van der Waals surface area contributed by atoms with Gasteiger partial charge in [-0.05, 0) is 37.1 Å². The van der Waals surface area contributed by atoms with Crippen LogP contribution in [0, 0.1) is 5.41 Å². The molecule has 27 heavy (non-hydrogen) atoms. The summed E-state index contributed by atoms with van der Waals surface area (Å²) in [7, 11) is 0. The maximum atomic E-state index is 13.0. The van der Waals surface area contributed by atoms with Gasteiger partial charge in [0.15, 0.2) is 5.76 Å². The zero-order chi connectivity index (χ0) is 18.7. The Hall–Kier alpha value is -2.70. The molecule has 6 heteroatoms. The number of hydrogen-bond acceptors (Lipinski definition) is 5. The third kappa shape index (κ3) is 3.59. The number of aliphatic hydroxyl groups is 1. The number of pyridine rings is 1. The first kappa shape index (κ1) is 17.7. The quantitative estimate of drug-likeness (QED) is 0.700. The van der Waals surface area contributed by atoms with Crippen LogP contribution >= 0.6 is 0 Å². The van der Waals surface area contributed by atoms with E-state index in [4.69, 9.17) is 9.15 Å². The molecule has 3 aromatic rings. The van der Waals surface area contributed by atoms with Gasteiger partial charge in [-0.3, -0.25) is 4.79 Å². The second-order valence-electron chi connectivity index (χ2n) is 7.01. The number of nitrogens with one attached hydrogen (secondary N) is 1. The minimum absolute atomic E-state index is 0.0834. The molecule has 0 spiro atoms. The summed E-state index contributed by atoms with van der Waals surface area (Å²) in [4.78, 5) is 17.6. The van der Waals surface area contributed by atoms with Gasteiger partial charge in [0.25, 0.3) is 5.91 Å². The molecular weight excluding hydrogens is 344 g/mol. The van der Waals surface area contributed by atoms with Crippen molar-refractivity contribution in [2.24, 2.45) is 5.41 Å². The molecule has 1 aliphatic heterocycles. The molecule has 2 N–H and O–H groups in total. The highest BCUT2D eigenvalue weighted by atomic mass is 16.5. The first-order valence-corrected chi connectivity index (χ1v) is 9.11. The van der Waals surface area contributed by atoms with Crippen molar-refractivity contribution in [1.29, 1.82) is 0 Å². The van der Waals surface area contributed by atoms with Crippen LogP contribution in [-0.2, 0) is 4.74 Å². The summed E-state index contributed by atoms with van der Waals surface area (Å²) in [6.07, 6.45) is 3.04. The molecule has 1 saturated heterocycles. The Labute approximate surface area is 157 Å². The number of benzene rings is 1. The van der Waals surface area contributed by atoms with Gasteiger partial charge in [-0.25, -0.2) is 4.98 Å². The Bertz CT molecular complexity index is 931. The molecule has 1 aliphatic rings. The lowest BCUT2D eigenvalue weighted by Crippen LogP contribution is -2.38. The zero-order valence-electron chi connectivity index (χ0n) is 15.0. The summed E-state index contributed by atoms with van der Waals surface area (Å²) < 4.78 is 11.0. The first-order chi connectivity index (χ1) is 13.2. The number of carbonyl (C=O) groups is 1. The highest BCUT2D eigenvalue weighted by Crippen LogP contribution is 2.32. The maximum Gasteiger partial charge on any atom is 0.252 e. The van der Waals surface area contributed by atoms with Crippen LogP contribution in [0.4, 0.5) is 0 Å². The van der Waals surface area contributed by atoms with Crippen molar-refractivity contribution in [1.82, 2.24) is 10.3 Å². The minimum Gasteiger partial charge on any atom is -0.463 e. The van der Waals surface area contributed by atoms with Crippen LogP contribution in [0.2, 0.25) is 0 Å². The molecule has 1 unspecified atom stereocenters. The van der Waals surface area contributed by atoms with Gasteiger partial charge in [0, 0.05) is 30.6 Å². The lowest BCUT2D eigenvalue weighted by atomic mass is 9.84. The summed E-state index contributed by atoms with van der Waals surface area (Å²) in [5, 5.41) is 13.2. The highest BCUT2D eigenvalue weighted by Gasteiger charge is 2.35. The number of amides is 1. The first-order valence-electron chi connectivity index (χ1n) is 9.11. The number of nitrogens with zero attached hydrogens (tertiary/aromatic N) is 1. The van der Waals surface area contributed by atoms with E-state index in [9.17, 15) is 9.90 Å². The van der Waals surface area contributed by atoms with E-state index in [1.165, 1.54) is 0 Å². The van der Waals surface area contributed by atoms with E-state index in [0.717, 1.165) is 17.3 Å². The monoisotopic (exact) mass is 366 g/mol. The zero-order valence-corrected chi connectivity index (χ0v) is 15.0. The SMILES string of the molecule is O=C(NCC1(CCO)CCOC1)c1cc(-c2ccco2)nc2ccccc12. The average molecular weight is 366 g/mol. The van der Waals surface area contributed by atoms with E-state index < -0.39 is 0 Å². The van der Waals surface area contributed by atoms with Gasteiger partial charge >= 0.3 is 0 Å². The number of fused-ring (bicyclic) bond motifs is 1. The Morgan fingerprint density at radius 2 is 2.15 bits per heavy atom. The minimum atomic E-state index is -0.197. The van der Waals surface area contributed by atoms with Crippen LogP contribution in [0.15, 0.2) is 53.1 Å². The number of rotatable bonds is 6. The topological polar surface area (TPSA) is 84.6 Å². The second-order valence-corrected chi connectivity index (χ2v) is 7.01. The number of carbonyl (C=O) groups excluding carboxylic acids is 1. The molecule has 0 aliphatic carbocycles. The van der Waals surface area contributed by atoms with Crippen molar-refractivity contribution < 1.29 is 19.1 Å². The van der Waals surface area contributed by atoms with Gasteiger partial charge < -0.3 is 19.6 Å². The van der Waals surface area contributed by atoms with Crippen LogP contribution in [0.25, 0.3) is 22.4 Å². The maximum absolute atomic E-state index is 13.0. The molecular formula is C21H22N2O4. The lowest BCUT2D eigenvalue weighted by molar-refractivity contribution is 0.0891. The standard InChI is InChI=1S/C21H22N2O4/c24-9-7-21(8-11-26-14-21)13-22-20(25)16-12-18(19-6-3-10-27-19)23-17-5-2-1-4-15(16)17/h1-6,10,12,24H,7-9,11,13-14H2,(H,22,25). The number of hydrogen-bond donors (Lipinski definition) is 2. The normalized spacial score (nSPS) is 19.4. The Morgan fingerprint density at radius 1 is 1.26 bits per heavy atom. The van der Waals surface area contributed by atoms with Crippen LogP contribution in [0.5, 0.6) is 0 Å². The van der Waals surface area contributed by atoms with Crippen molar-refractivity contribution in [2.45, 2.75) is 12.8 Å². The molecule has 1 aromatic carbocycles. The van der Waals surface area contributed by atoms with Crippen molar-refractivity contribution in [3.05, 3.63) is 54.3 Å². The van der Waals surface area contributed by atoms with Gasteiger partial charge in [0.2, 0.25) is 0 Å². The van der Waals surface area contributed by atoms with Crippen LogP contribution < -0.4 is 5.32 Å². The predicted molar refractivity (Wildman–Crippen MR) is 101 cm³/mol. The second kappa shape index (κ2) is 7.50. The Kier molecular flexibility index (Phi) is 4.92. The van der Waals surface area contributed by atoms with E-state index in [2.05, 4.69) is 10.3 Å². The molecule has 2 aromatic heterocycles. The summed E-state index contributed by atoms with van der Waals surface area (Å²) in [5.41, 5.74) is 1.73. The number of ether oxygens (including phenoxy) is 1. The van der Waals surface area contributed by atoms with Gasteiger partial charge in [0.1, 0.15) is 5.69 Å². The third-order valence-corrected chi connectivity index (χ3v) is 5.19. The molecule has 4 rings (SSSR count). The third-order valence-electron chi connectivity index (χ3n) is 5.19. The molecule has 0 bridgehead atoms. The fourth-order valence-corrected chi connectivity index (χ4v) is 3.59. The molecule has 3 heterocycles. The van der Waals surface area contributed by atoms with Crippen LogP contribution in [0.1, 0.15) is 23.2 Å². The molecule has 0 saturated carbocycles. The number of aromatic nitrogens is 1. The van der Waals surface area contributed by atoms with Crippen molar-refractivity contribution in [3.63, 3.8) is 0 Å². The molecule has 1 amide bonds. The number of furan rings is 1. The smallest absolute Gasteiger partial charge is 0.252 e. The summed E-state index contributed by atoms with van der Waals surface area (Å²) in [6.45, 7) is 1.78. The predicted octanol–water partition coefficient (Wildman–Crippen LogP) is 3.01. The Morgan fingerprint density at radius 3 is 2.89 bits per heavy atom. The van der Waals surface area contributed by atoms with Gasteiger partial charge in [-0.15, -0.1) is 0 Å². The van der Waals surface area contributed by atoms with Gasteiger partial charge in [0.05, 0.1) is 24.0 Å². The van der Waals surface area contributed by atoms with E-state index in [1.807, 2.05) is 30.3 Å². The van der Waals surface area contributed by atoms with Gasteiger partial charge in [-0.1, -0.05) is 18.2 Å². The van der Waals surface area contributed by atoms with E-state index in [-0.39, 0.29) is 17.9 Å². The summed E-state index contributed by atoms with van der Waals surface area (Å²) in [6, 6.07) is 13.0. The number of aliphatic hydroxyl groups excluding tert-OH is 1. The molecule has 140 valence electrons. The number of para-hydroxylation sites is 1. The largest absolute Gasteiger partial charge is 0.463 e. The van der Waals surface area contributed by atoms with Crippen molar-refractivity contribution in [2.75, 3.05) is 26.4 Å². The van der Waals surface area contributed by atoms with E-state index in [1.54, 1.807) is 18.4 Å². The molecule has 1 atom stereocenters. The summed E-state index contributed by atoms with van der Waals surface area (Å²) in [5.74, 6) is 0.460. The van der Waals surface area contributed by atoms with Gasteiger partial charge in [-0.2, -0.15) is 0 Å². The fraction of sp³-hybridized carbons (Fsp3) is 0.333. The average Bonchev–Trinajstić information content (AvgIpc) is 3.38. The van der Waals surface area contributed by atoms with Crippen molar-refractivity contribution in [3.8, 4) is 11.5 Å². The van der Waals surface area contributed by atoms with Crippen LogP contribution in [-0.4, -0.2) is 42.4 Å². The lowest BCUT2D eigenvalue weighted by Gasteiger charge is -2.26. The molecule has 0 radical (unpaired) electrons. The van der Waals surface area contributed by atoms with E-state index in [0.29, 0.717) is 43.2 Å². The molecule has 6 nitrogen and oxygen atoms in total.